The standard InChI is InChI=1S/C16H21N3O2.C2H6/c1-9(2)12-7-13(20-5)10(3)6-14(12)21-15-8-18-11(4)19-16(15)17;1-2/h6-9H,1-5H3,(H2,17,18,19);1-2H3. The van der Waals surface area contributed by atoms with Gasteiger partial charge in [-0.2, -0.15) is 0 Å². The smallest absolute Gasteiger partial charge is 0.187 e. The maximum Gasteiger partial charge on any atom is 0.187 e. The highest BCUT2D eigenvalue weighted by molar-refractivity contribution is 5.52. The van der Waals surface area contributed by atoms with Crippen molar-refractivity contribution in [2.75, 3.05) is 12.8 Å². The topological polar surface area (TPSA) is 70.3 Å². The normalized spacial score (nSPS) is 10.1. The number of hydrogen-bond acceptors (Lipinski definition) is 5. The highest BCUT2D eigenvalue weighted by Gasteiger charge is 2.14. The van der Waals surface area contributed by atoms with Crippen LogP contribution in [0.1, 0.15) is 50.6 Å². The summed E-state index contributed by atoms with van der Waals surface area (Å²) >= 11 is 0. The van der Waals surface area contributed by atoms with Gasteiger partial charge in [-0.05, 0) is 37.5 Å². The number of nitrogen functional groups attached to an aromatic ring is 1. The van der Waals surface area contributed by atoms with E-state index in [-0.39, 0.29) is 0 Å². The Bertz CT molecular complexity index is 655. The van der Waals surface area contributed by atoms with E-state index in [9.17, 15) is 0 Å². The molecule has 126 valence electrons. The molecule has 0 bridgehead atoms. The molecule has 0 fully saturated rings. The third kappa shape index (κ3) is 4.58. The molecule has 0 aliphatic rings. The predicted molar refractivity (Wildman–Crippen MR) is 94.4 cm³/mol. The van der Waals surface area contributed by atoms with E-state index >= 15 is 0 Å². The highest BCUT2D eigenvalue weighted by atomic mass is 16.5. The van der Waals surface area contributed by atoms with Crippen LogP contribution in [-0.4, -0.2) is 17.1 Å². The Balaban J connectivity index is 0.00000127. The van der Waals surface area contributed by atoms with E-state index in [0.717, 1.165) is 22.6 Å². The van der Waals surface area contributed by atoms with Crippen LogP contribution in [0.3, 0.4) is 0 Å². The minimum Gasteiger partial charge on any atom is -0.496 e. The molecule has 0 aliphatic heterocycles. The van der Waals surface area contributed by atoms with Crippen LogP contribution in [-0.2, 0) is 0 Å². The molecule has 0 spiro atoms. The number of rotatable bonds is 4. The first-order valence-corrected chi connectivity index (χ1v) is 7.88. The fraction of sp³-hybridized carbons (Fsp3) is 0.444. The lowest BCUT2D eigenvalue weighted by Crippen LogP contribution is -2.02. The quantitative estimate of drug-likeness (QED) is 0.890. The average Bonchev–Trinajstić information content (AvgIpc) is 2.52. The molecule has 2 aromatic rings. The second-order valence-electron chi connectivity index (χ2n) is 5.28. The fourth-order valence-electron chi connectivity index (χ4n) is 2.11. The number of methoxy groups -OCH3 is 1. The minimum absolute atomic E-state index is 0.294. The Labute approximate surface area is 138 Å². The first-order chi connectivity index (χ1) is 10.9. The minimum atomic E-state index is 0.294. The average molecular weight is 317 g/mol. The molecule has 0 atom stereocenters. The van der Waals surface area contributed by atoms with Crippen molar-refractivity contribution < 1.29 is 9.47 Å². The maximum atomic E-state index is 5.93. The lowest BCUT2D eigenvalue weighted by molar-refractivity contribution is 0.407. The molecule has 5 nitrogen and oxygen atoms in total. The molecule has 5 heteroatoms. The van der Waals surface area contributed by atoms with Gasteiger partial charge in [0, 0.05) is 5.56 Å². The van der Waals surface area contributed by atoms with Crippen molar-refractivity contribution in [3.63, 3.8) is 0 Å². The van der Waals surface area contributed by atoms with Gasteiger partial charge < -0.3 is 15.2 Å². The van der Waals surface area contributed by atoms with E-state index < -0.39 is 0 Å². The van der Waals surface area contributed by atoms with E-state index in [1.165, 1.54) is 0 Å². The SMILES string of the molecule is CC.COc1cc(C(C)C)c(Oc2cnc(C)nc2N)cc1C. The summed E-state index contributed by atoms with van der Waals surface area (Å²) in [7, 11) is 1.67. The lowest BCUT2D eigenvalue weighted by Gasteiger charge is -2.17. The number of aromatic nitrogens is 2. The molecular weight excluding hydrogens is 290 g/mol. The molecule has 2 N–H and O–H groups in total. The summed E-state index contributed by atoms with van der Waals surface area (Å²) in [5.41, 5.74) is 7.95. The van der Waals surface area contributed by atoms with E-state index in [1.54, 1.807) is 20.2 Å². The van der Waals surface area contributed by atoms with Crippen molar-refractivity contribution >= 4 is 5.82 Å². The van der Waals surface area contributed by atoms with E-state index in [4.69, 9.17) is 15.2 Å². The van der Waals surface area contributed by atoms with E-state index in [0.29, 0.717) is 23.3 Å². The largest absolute Gasteiger partial charge is 0.496 e. The number of hydrogen-bond donors (Lipinski definition) is 1. The molecule has 23 heavy (non-hydrogen) atoms. The second kappa shape index (κ2) is 8.36. The molecule has 0 aliphatic carbocycles. The third-order valence-electron chi connectivity index (χ3n) is 3.27. The zero-order valence-corrected chi connectivity index (χ0v) is 15.1. The van der Waals surface area contributed by atoms with Gasteiger partial charge in [0.25, 0.3) is 0 Å². The number of aryl methyl sites for hydroxylation is 2. The number of benzene rings is 1. The van der Waals surface area contributed by atoms with Crippen LogP contribution in [0.15, 0.2) is 18.3 Å². The van der Waals surface area contributed by atoms with Crippen molar-refractivity contribution in [1.29, 1.82) is 0 Å². The second-order valence-corrected chi connectivity index (χ2v) is 5.28. The van der Waals surface area contributed by atoms with Crippen molar-refractivity contribution in [3.05, 3.63) is 35.3 Å². The number of anilines is 1. The Morgan fingerprint density at radius 3 is 2.22 bits per heavy atom. The number of ether oxygens (including phenoxy) is 2. The summed E-state index contributed by atoms with van der Waals surface area (Å²) in [6, 6.07) is 3.95. The first kappa shape index (κ1) is 18.7. The van der Waals surface area contributed by atoms with Gasteiger partial charge in [-0.25, -0.2) is 9.97 Å². The fourth-order valence-corrected chi connectivity index (χ4v) is 2.11. The Morgan fingerprint density at radius 2 is 1.70 bits per heavy atom. The van der Waals surface area contributed by atoms with Crippen LogP contribution in [0.2, 0.25) is 0 Å². The Morgan fingerprint density at radius 1 is 1.04 bits per heavy atom. The van der Waals surface area contributed by atoms with Crippen molar-refractivity contribution in [2.24, 2.45) is 0 Å². The lowest BCUT2D eigenvalue weighted by atomic mass is 10.00. The number of nitrogens with two attached hydrogens (primary N) is 1. The van der Waals surface area contributed by atoms with Gasteiger partial charge in [-0.3, -0.25) is 0 Å². The predicted octanol–water partition coefficient (Wildman–Crippen LogP) is 4.63. The molecule has 0 amide bonds. The van der Waals surface area contributed by atoms with Crippen LogP contribution in [0.4, 0.5) is 5.82 Å². The summed E-state index contributed by atoms with van der Waals surface area (Å²) in [6.45, 7) is 12.0. The molecule has 1 aromatic carbocycles. The molecule has 1 heterocycles. The monoisotopic (exact) mass is 317 g/mol. The first-order valence-electron chi connectivity index (χ1n) is 7.88. The van der Waals surface area contributed by atoms with Crippen molar-refractivity contribution in [2.45, 2.75) is 47.5 Å². The number of nitrogens with zero attached hydrogens (tertiary/aromatic N) is 2. The van der Waals surface area contributed by atoms with Crippen LogP contribution in [0.5, 0.6) is 17.2 Å². The molecule has 0 unspecified atom stereocenters. The van der Waals surface area contributed by atoms with Gasteiger partial charge in [0.2, 0.25) is 0 Å². The summed E-state index contributed by atoms with van der Waals surface area (Å²) in [4.78, 5) is 8.24. The van der Waals surface area contributed by atoms with Crippen molar-refractivity contribution in [1.82, 2.24) is 9.97 Å². The Kier molecular flexibility index (Phi) is 6.82. The molecule has 2 rings (SSSR count). The molecule has 0 saturated heterocycles. The van der Waals surface area contributed by atoms with Gasteiger partial charge in [-0.1, -0.05) is 27.7 Å². The maximum absolute atomic E-state index is 5.93. The highest BCUT2D eigenvalue weighted by Crippen LogP contribution is 2.36. The van der Waals surface area contributed by atoms with E-state index in [1.807, 2.05) is 32.9 Å². The summed E-state index contributed by atoms with van der Waals surface area (Å²) in [5, 5.41) is 0. The zero-order valence-electron chi connectivity index (χ0n) is 15.1. The van der Waals surface area contributed by atoms with Gasteiger partial charge in [-0.15, -0.1) is 0 Å². The van der Waals surface area contributed by atoms with Gasteiger partial charge in [0.1, 0.15) is 17.3 Å². The van der Waals surface area contributed by atoms with Crippen LogP contribution < -0.4 is 15.2 Å². The molecule has 1 aromatic heterocycles. The van der Waals surface area contributed by atoms with Gasteiger partial charge in [0.05, 0.1) is 13.3 Å². The van der Waals surface area contributed by atoms with Crippen molar-refractivity contribution in [3.8, 4) is 17.2 Å². The van der Waals surface area contributed by atoms with Gasteiger partial charge in [0.15, 0.2) is 11.6 Å². The molecule has 0 radical (unpaired) electrons. The third-order valence-corrected chi connectivity index (χ3v) is 3.27. The van der Waals surface area contributed by atoms with E-state index in [2.05, 4.69) is 23.8 Å². The summed E-state index contributed by atoms with van der Waals surface area (Å²) in [6.07, 6.45) is 1.60. The van der Waals surface area contributed by atoms with Crippen LogP contribution >= 0.6 is 0 Å². The van der Waals surface area contributed by atoms with Gasteiger partial charge >= 0.3 is 0 Å². The molecule has 0 saturated carbocycles. The molecular formula is C18H27N3O2. The van der Waals surface area contributed by atoms with Crippen LogP contribution in [0, 0.1) is 13.8 Å². The zero-order chi connectivity index (χ0) is 17.6. The summed E-state index contributed by atoms with van der Waals surface area (Å²) < 4.78 is 11.3. The summed E-state index contributed by atoms with van der Waals surface area (Å²) in [5.74, 6) is 3.32. The Hall–Kier alpha value is -2.30. The van der Waals surface area contributed by atoms with Crippen LogP contribution in [0.25, 0.3) is 0 Å².